The van der Waals surface area contributed by atoms with E-state index in [1.54, 1.807) is 13.8 Å². The molecule has 1 unspecified atom stereocenters. The summed E-state index contributed by atoms with van der Waals surface area (Å²) in [4.78, 5) is 11.2. The predicted molar refractivity (Wildman–Crippen MR) is 65.2 cm³/mol. The second-order valence-corrected chi connectivity index (χ2v) is 4.64. The van der Waals surface area contributed by atoms with Gasteiger partial charge in [-0.2, -0.15) is 0 Å². The van der Waals surface area contributed by atoms with Crippen LogP contribution in [0.4, 0.5) is 0 Å². The van der Waals surface area contributed by atoms with Crippen LogP contribution >= 0.6 is 0 Å². The summed E-state index contributed by atoms with van der Waals surface area (Å²) in [6.45, 7) is 6.05. The molecule has 0 spiro atoms. The fraction of sp³-hybridized carbons (Fsp3) is 0.923. The molecule has 0 saturated carbocycles. The van der Waals surface area contributed by atoms with Crippen LogP contribution in [0, 0.1) is 0 Å². The molecule has 0 fully saturated rings. The number of hydrogen-bond acceptors (Lipinski definition) is 3. The first-order chi connectivity index (χ1) is 7.52. The third-order valence-electron chi connectivity index (χ3n) is 2.65. The lowest BCUT2D eigenvalue weighted by Gasteiger charge is -2.21. The van der Waals surface area contributed by atoms with Crippen molar-refractivity contribution in [1.29, 1.82) is 0 Å². The number of rotatable bonds is 9. The normalized spacial score (nSPS) is 14.5. The molecule has 3 nitrogen and oxygen atoms in total. The first-order valence-corrected chi connectivity index (χ1v) is 6.40. The van der Waals surface area contributed by atoms with E-state index in [4.69, 9.17) is 4.74 Å². The second-order valence-electron chi connectivity index (χ2n) is 4.64. The average Bonchev–Trinajstić information content (AvgIpc) is 2.16. The molecule has 1 N–H and O–H groups in total. The van der Waals surface area contributed by atoms with Crippen molar-refractivity contribution in [1.82, 2.24) is 0 Å². The molecule has 0 aromatic rings. The molecule has 0 aromatic heterocycles. The maximum atomic E-state index is 11.2. The molecule has 0 heterocycles. The molecule has 0 rings (SSSR count). The molecule has 0 radical (unpaired) electrons. The van der Waals surface area contributed by atoms with Gasteiger partial charge in [-0.25, -0.2) is 0 Å². The number of hydrogen-bond donors (Lipinski definition) is 1. The van der Waals surface area contributed by atoms with E-state index in [-0.39, 0.29) is 12.4 Å². The van der Waals surface area contributed by atoms with Gasteiger partial charge in [0.25, 0.3) is 0 Å². The van der Waals surface area contributed by atoms with Gasteiger partial charge < -0.3 is 9.84 Å². The Hall–Kier alpha value is -0.570. The Kier molecular flexibility index (Phi) is 8.26. The maximum absolute atomic E-state index is 11.2. The van der Waals surface area contributed by atoms with Gasteiger partial charge in [-0.3, -0.25) is 4.79 Å². The van der Waals surface area contributed by atoms with Gasteiger partial charge >= 0.3 is 5.97 Å². The van der Waals surface area contributed by atoms with Gasteiger partial charge in [0.2, 0.25) is 0 Å². The van der Waals surface area contributed by atoms with Crippen LogP contribution in [-0.4, -0.2) is 23.3 Å². The van der Waals surface area contributed by atoms with E-state index in [2.05, 4.69) is 6.92 Å². The lowest BCUT2D eigenvalue weighted by atomic mass is 9.94. The summed E-state index contributed by atoms with van der Waals surface area (Å²) in [5, 5.41) is 9.97. The number of carbonyl (C=O) groups is 1. The largest absolute Gasteiger partial charge is 0.466 e. The number of ether oxygens (including phenoxy) is 1. The Morgan fingerprint density at radius 3 is 2.38 bits per heavy atom. The molecule has 1 atom stereocenters. The highest BCUT2D eigenvalue weighted by Gasteiger charge is 2.24. The van der Waals surface area contributed by atoms with Crippen LogP contribution in [0.1, 0.15) is 65.7 Å². The SMILES string of the molecule is CCCCCCCC(C)(O)CC(=O)OCC. The fourth-order valence-corrected chi connectivity index (χ4v) is 1.72. The van der Waals surface area contributed by atoms with Crippen molar-refractivity contribution in [3.8, 4) is 0 Å². The van der Waals surface area contributed by atoms with Gasteiger partial charge in [-0.05, 0) is 20.3 Å². The first-order valence-electron chi connectivity index (χ1n) is 6.40. The van der Waals surface area contributed by atoms with Crippen LogP contribution in [0.25, 0.3) is 0 Å². The van der Waals surface area contributed by atoms with Crippen molar-refractivity contribution in [2.24, 2.45) is 0 Å². The zero-order valence-electron chi connectivity index (χ0n) is 10.9. The van der Waals surface area contributed by atoms with Crippen molar-refractivity contribution in [3.63, 3.8) is 0 Å². The molecule has 0 saturated heterocycles. The quantitative estimate of drug-likeness (QED) is 0.489. The van der Waals surface area contributed by atoms with Crippen molar-refractivity contribution in [2.75, 3.05) is 6.61 Å². The van der Waals surface area contributed by atoms with Crippen LogP contribution in [0.5, 0.6) is 0 Å². The standard InChI is InChI=1S/C13H26O3/c1-4-6-7-8-9-10-13(3,15)11-12(14)16-5-2/h15H,4-11H2,1-3H3. The Balaban J connectivity index is 3.65. The lowest BCUT2D eigenvalue weighted by molar-refractivity contribution is -0.148. The average molecular weight is 230 g/mol. The lowest BCUT2D eigenvalue weighted by Crippen LogP contribution is -2.28. The Morgan fingerprint density at radius 1 is 1.19 bits per heavy atom. The van der Waals surface area contributed by atoms with E-state index in [1.165, 1.54) is 19.3 Å². The van der Waals surface area contributed by atoms with Crippen LogP contribution in [-0.2, 0) is 9.53 Å². The minimum atomic E-state index is -0.904. The summed E-state index contributed by atoms with van der Waals surface area (Å²) in [5.41, 5.74) is -0.904. The van der Waals surface area contributed by atoms with Gasteiger partial charge in [0, 0.05) is 0 Å². The summed E-state index contributed by atoms with van der Waals surface area (Å²) in [6.07, 6.45) is 6.58. The topological polar surface area (TPSA) is 46.5 Å². The van der Waals surface area contributed by atoms with Gasteiger partial charge in [0.15, 0.2) is 0 Å². The second kappa shape index (κ2) is 8.57. The van der Waals surface area contributed by atoms with E-state index < -0.39 is 5.60 Å². The number of carbonyl (C=O) groups excluding carboxylic acids is 1. The van der Waals surface area contributed by atoms with Crippen molar-refractivity contribution >= 4 is 5.97 Å². The molecule has 0 amide bonds. The van der Waals surface area contributed by atoms with Crippen LogP contribution in [0.15, 0.2) is 0 Å². The van der Waals surface area contributed by atoms with Gasteiger partial charge in [-0.1, -0.05) is 39.0 Å². The summed E-state index contributed by atoms with van der Waals surface area (Å²) in [6, 6.07) is 0. The number of aliphatic hydroxyl groups is 1. The highest BCUT2D eigenvalue weighted by Crippen LogP contribution is 2.19. The van der Waals surface area contributed by atoms with E-state index in [0.717, 1.165) is 12.8 Å². The smallest absolute Gasteiger partial charge is 0.308 e. The molecule has 0 aliphatic heterocycles. The summed E-state index contributed by atoms with van der Waals surface area (Å²) in [7, 11) is 0. The summed E-state index contributed by atoms with van der Waals surface area (Å²) in [5.74, 6) is -0.305. The van der Waals surface area contributed by atoms with Gasteiger partial charge in [0.1, 0.15) is 0 Å². The molecule has 96 valence electrons. The fourth-order valence-electron chi connectivity index (χ4n) is 1.72. The van der Waals surface area contributed by atoms with E-state index in [1.807, 2.05) is 0 Å². The van der Waals surface area contributed by atoms with E-state index in [9.17, 15) is 9.90 Å². The van der Waals surface area contributed by atoms with Crippen LogP contribution in [0.2, 0.25) is 0 Å². The monoisotopic (exact) mass is 230 g/mol. The highest BCUT2D eigenvalue weighted by atomic mass is 16.5. The summed E-state index contributed by atoms with van der Waals surface area (Å²) >= 11 is 0. The van der Waals surface area contributed by atoms with Crippen molar-refractivity contribution in [3.05, 3.63) is 0 Å². The maximum Gasteiger partial charge on any atom is 0.308 e. The minimum Gasteiger partial charge on any atom is -0.466 e. The number of esters is 1. The van der Waals surface area contributed by atoms with E-state index >= 15 is 0 Å². The molecule has 0 aliphatic carbocycles. The van der Waals surface area contributed by atoms with Crippen molar-refractivity contribution < 1.29 is 14.6 Å². The molecular formula is C13H26O3. The highest BCUT2D eigenvalue weighted by molar-refractivity contribution is 5.70. The zero-order chi connectivity index (χ0) is 12.4. The zero-order valence-corrected chi connectivity index (χ0v) is 10.9. The van der Waals surface area contributed by atoms with Crippen molar-refractivity contribution in [2.45, 2.75) is 71.3 Å². The Bertz CT molecular complexity index is 188. The van der Waals surface area contributed by atoms with Gasteiger partial charge in [0.05, 0.1) is 18.6 Å². The minimum absolute atomic E-state index is 0.106. The molecular weight excluding hydrogens is 204 g/mol. The molecule has 0 aliphatic rings. The molecule has 3 heteroatoms. The van der Waals surface area contributed by atoms with E-state index in [0.29, 0.717) is 13.0 Å². The first kappa shape index (κ1) is 15.4. The third kappa shape index (κ3) is 8.72. The van der Waals surface area contributed by atoms with Crippen LogP contribution in [0.3, 0.4) is 0 Å². The predicted octanol–water partition coefficient (Wildman–Crippen LogP) is 3.05. The number of unbranched alkanes of at least 4 members (excludes halogenated alkanes) is 4. The molecule has 0 bridgehead atoms. The summed E-state index contributed by atoms with van der Waals surface area (Å²) < 4.78 is 4.82. The molecule has 16 heavy (non-hydrogen) atoms. The third-order valence-corrected chi connectivity index (χ3v) is 2.65. The van der Waals surface area contributed by atoms with Crippen LogP contribution < -0.4 is 0 Å². The Morgan fingerprint density at radius 2 is 1.81 bits per heavy atom. The molecule has 0 aromatic carbocycles. The van der Waals surface area contributed by atoms with Gasteiger partial charge in [-0.15, -0.1) is 0 Å². The Labute approximate surface area is 99.2 Å².